The SMILES string of the molecule is COc1ccc(N(NC(=O)[C@H](Cc2c[nH]c3ccccc23)NS(=O)(=O)c2ccc(C)cc2)C(N)=O)cc1. The van der Waals surface area contributed by atoms with Crippen LogP contribution in [0.3, 0.4) is 0 Å². The van der Waals surface area contributed by atoms with Gasteiger partial charge in [0.15, 0.2) is 0 Å². The number of nitrogens with one attached hydrogen (secondary N) is 3. The molecule has 0 aliphatic heterocycles. The number of H-pyrrole nitrogens is 1. The molecule has 37 heavy (non-hydrogen) atoms. The Kier molecular flexibility index (Phi) is 7.46. The lowest BCUT2D eigenvalue weighted by Gasteiger charge is -2.25. The molecule has 0 fully saturated rings. The second kappa shape index (κ2) is 10.7. The number of nitrogens with zero attached hydrogens (tertiary/aromatic N) is 1. The van der Waals surface area contributed by atoms with Crippen LogP contribution in [-0.4, -0.2) is 38.5 Å². The fourth-order valence-corrected chi connectivity index (χ4v) is 5.04. The van der Waals surface area contributed by atoms with Crippen molar-refractivity contribution in [3.05, 3.63) is 90.1 Å². The molecule has 192 valence electrons. The number of carbonyl (C=O) groups excluding carboxylic acids is 2. The lowest BCUT2D eigenvalue weighted by molar-refractivity contribution is -0.122. The summed E-state index contributed by atoms with van der Waals surface area (Å²) in [5, 5.41) is 1.70. The van der Waals surface area contributed by atoms with Gasteiger partial charge in [-0.1, -0.05) is 35.9 Å². The molecule has 11 heteroatoms. The number of anilines is 1. The highest BCUT2D eigenvalue weighted by atomic mass is 32.2. The summed E-state index contributed by atoms with van der Waals surface area (Å²) in [5.74, 6) is -0.224. The van der Waals surface area contributed by atoms with Gasteiger partial charge in [-0.3, -0.25) is 10.2 Å². The van der Waals surface area contributed by atoms with Crippen molar-refractivity contribution in [2.24, 2.45) is 5.73 Å². The predicted molar refractivity (Wildman–Crippen MR) is 140 cm³/mol. The van der Waals surface area contributed by atoms with E-state index in [9.17, 15) is 18.0 Å². The molecule has 0 unspecified atom stereocenters. The summed E-state index contributed by atoms with van der Waals surface area (Å²) in [6.45, 7) is 1.84. The Morgan fingerprint density at radius 3 is 2.35 bits per heavy atom. The minimum atomic E-state index is -4.08. The van der Waals surface area contributed by atoms with Crippen molar-refractivity contribution >= 4 is 38.6 Å². The van der Waals surface area contributed by atoms with E-state index in [0.717, 1.165) is 27.0 Å². The Bertz CT molecular complexity index is 1520. The summed E-state index contributed by atoms with van der Waals surface area (Å²) in [7, 11) is -2.58. The number of hydrazine groups is 1. The van der Waals surface area contributed by atoms with E-state index in [1.807, 2.05) is 31.2 Å². The van der Waals surface area contributed by atoms with Crippen molar-refractivity contribution in [1.29, 1.82) is 0 Å². The molecule has 4 rings (SSSR count). The largest absolute Gasteiger partial charge is 0.497 e. The van der Waals surface area contributed by atoms with Gasteiger partial charge in [0.05, 0.1) is 17.7 Å². The zero-order valence-electron chi connectivity index (χ0n) is 20.3. The first-order valence-corrected chi connectivity index (χ1v) is 12.8. The number of fused-ring (bicyclic) bond motifs is 1. The highest BCUT2D eigenvalue weighted by molar-refractivity contribution is 7.89. The van der Waals surface area contributed by atoms with Crippen LogP contribution < -0.4 is 25.6 Å². The van der Waals surface area contributed by atoms with Crippen molar-refractivity contribution < 1.29 is 22.7 Å². The van der Waals surface area contributed by atoms with Crippen LogP contribution in [-0.2, 0) is 21.2 Å². The van der Waals surface area contributed by atoms with Crippen LogP contribution in [0.15, 0.2) is 83.9 Å². The number of para-hydroxylation sites is 1. The van der Waals surface area contributed by atoms with Gasteiger partial charge in [0.25, 0.3) is 5.91 Å². The van der Waals surface area contributed by atoms with E-state index in [0.29, 0.717) is 5.75 Å². The van der Waals surface area contributed by atoms with E-state index < -0.39 is 28.0 Å². The Morgan fingerprint density at radius 1 is 1.03 bits per heavy atom. The number of rotatable bonds is 8. The van der Waals surface area contributed by atoms with Crippen LogP contribution in [0.25, 0.3) is 10.9 Å². The highest BCUT2D eigenvalue weighted by Gasteiger charge is 2.29. The molecule has 0 saturated carbocycles. The summed E-state index contributed by atoms with van der Waals surface area (Å²) >= 11 is 0. The van der Waals surface area contributed by atoms with Gasteiger partial charge in [0.1, 0.15) is 11.8 Å². The topological polar surface area (TPSA) is 147 Å². The number of hydrogen-bond donors (Lipinski definition) is 4. The number of hydrogen-bond acceptors (Lipinski definition) is 5. The van der Waals surface area contributed by atoms with Crippen molar-refractivity contribution in [3.8, 4) is 5.75 Å². The number of carbonyl (C=O) groups is 2. The minimum absolute atomic E-state index is 0.0101. The molecule has 1 aromatic heterocycles. The number of methoxy groups -OCH3 is 1. The maximum atomic E-state index is 13.5. The number of urea groups is 1. The van der Waals surface area contributed by atoms with Crippen molar-refractivity contribution in [2.45, 2.75) is 24.3 Å². The number of benzene rings is 3. The van der Waals surface area contributed by atoms with Gasteiger partial charge in [0, 0.05) is 17.1 Å². The monoisotopic (exact) mass is 521 g/mol. The number of aromatic nitrogens is 1. The Labute approximate surface area is 214 Å². The van der Waals surface area contributed by atoms with Gasteiger partial charge in [-0.25, -0.2) is 18.2 Å². The average Bonchev–Trinajstić information content (AvgIpc) is 3.29. The second-order valence-corrected chi connectivity index (χ2v) is 10.1. The maximum Gasteiger partial charge on any atom is 0.338 e. The van der Waals surface area contributed by atoms with Crippen molar-refractivity contribution in [3.63, 3.8) is 0 Å². The first kappa shape index (κ1) is 25.7. The van der Waals surface area contributed by atoms with E-state index in [-0.39, 0.29) is 17.0 Å². The van der Waals surface area contributed by atoms with E-state index in [1.54, 1.807) is 30.5 Å². The molecule has 3 aromatic carbocycles. The Hall–Kier alpha value is -4.35. The third-order valence-electron chi connectivity index (χ3n) is 5.82. The maximum absolute atomic E-state index is 13.5. The lowest BCUT2D eigenvalue weighted by atomic mass is 10.1. The molecule has 3 amide bonds. The summed E-state index contributed by atoms with van der Waals surface area (Å²) in [6.07, 6.45) is 1.73. The van der Waals surface area contributed by atoms with Crippen LogP contribution in [0.1, 0.15) is 11.1 Å². The van der Waals surface area contributed by atoms with Crippen molar-refractivity contribution in [2.75, 3.05) is 12.1 Å². The summed E-state index contributed by atoms with van der Waals surface area (Å²) in [6, 6.07) is 17.8. The molecule has 1 heterocycles. The third-order valence-corrected chi connectivity index (χ3v) is 7.30. The molecule has 4 aromatic rings. The number of ether oxygens (including phenoxy) is 1. The molecule has 0 aliphatic carbocycles. The first-order valence-electron chi connectivity index (χ1n) is 11.4. The van der Waals surface area contributed by atoms with Crippen LogP contribution in [0, 0.1) is 6.92 Å². The molecule has 0 spiro atoms. The molecule has 0 radical (unpaired) electrons. The Balaban J connectivity index is 1.66. The number of sulfonamides is 1. The molecule has 0 aliphatic rings. The summed E-state index contributed by atoms with van der Waals surface area (Å²) < 4.78 is 34.0. The van der Waals surface area contributed by atoms with Crippen LogP contribution in [0.2, 0.25) is 0 Å². The summed E-state index contributed by atoms with van der Waals surface area (Å²) in [5.41, 5.74) is 10.7. The molecule has 10 nitrogen and oxygen atoms in total. The van der Waals surface area contributed by atoms with Gasteiger partial charge in [0.2, 0.25) is 10.0 Å². The van der Waals surface area contributed by atoms with Gasteiger partial charge < -0.3 is 15.5 Å². The molecule has 1 atom stereocenters. The van der Waals surface area contributed by atoms with E-state index in [4.69, 9.17) is 10.5 Å². The quantitative estimate of drug-likeness (QED) is 0.263. The molecule has 5 N–H and O–H groups in total. The predicted octanol–water partition coefficient (Wildman–Crippen LogP) is 2.99. The second-order valence-electron chi connectivity index (χ2n) is 8.40. The van der Waals surface area contributed by atoms with Crippen LogP contribution in [0.4, 0.5) is 10.5 Å². The molecule has 0 bridgehead atoms. The van der Waals surface area contributed by atoms with Crippen molar-refractivity contribution in [1.82, 2.24) is 15.1 Å². The number of aromatic amines is 1. The van der Waals surface area contributed by atoms with Crippen LogP contribution in [0.5, 0.6) is 5.75 Å². The van der Waals surface area contributed by atoms with Gasteiger partial charge in [-0.15, -0.1) is 0 Å². The van der Waals surface area contributed by atoms with Crippen LogP contribution >= 0.6 is 0 Å². The van der Waals surface area contributed by atoms with Gasteiger partial charge >= 0.3 is 6.03 Å². The molecule has 0 saturated heterocycles. The minimum Gasteiger partial charge on any atom is -0.497 e. The number of amides is 3. The van der Waals surface area contributed by atoms with E-state index >= 15 is 0 Å². The standard InChI is InChI=1S/C26H27N5O5S/c1-17-7-13-21(14-8-17)37(34,35)30-24(15-18-16-28-23-6-4-3-5-22(18)23)25(32)29-31(26(27)33)19-9-11-20(36-2)12-10-19/h3-14,16,24,28,30H,15H2,1-2H3,(H2,27,33)(H,29,32)/t24-/m0/s1. The average molecular weight is 522 g/mol. The van der Waals surface area contributed by atoms with E-state index in [2.05, 4.69) is 15.1 Å². The third kappa shape index (κ3) is 5.90. The van der Waals surface area contributed by atoms with Gasteiger partial charge in [-0.05, 0) is 61.4 Å². The number of primary amides is 1. The fraction of sp³-hybridized carbons (Fsp3) is 0.154. The number of nitrogens with two attached hydrogens (primary N) is 1. The summed E-state index contributed by atoms with van der Waals surface area (Å²) in [4.78, 5) is 28.8. The zero-order valence-corrected chi connectivity index (χ0v) is 21.1. The lowest BCUT2D eigenvalue weighted by Crippen LogP contribution is -2.56. The highest BCUT2D eigenvalue weighted by Crippen LogP contribution is 2.21. The normalized spacial score (nSPS) is 12.2. The molecular weight excluding hydrogens is 494 g/mol. The smallest absolute Gasteiger partial charge is 0.338 e. The fourth-order valence-electron chi connectivity index (χ4n) is 3.85. The Morgan fingerprint density at radius 2 is 1.70 bits per heavy atom. The zero-order chi connectivity index (χ0) is 26.6. The van der Waals surface area contributed by atoms with E-state index in [1.165, 1.54) is 31.4 Å². The molecular formula is C26H27N5O5S. The number of aryl methyl sites for hydroxylation is 1. The first-order chi connectivity index (χ1) is 17.7. The van der Waals surface area contributed by atoms with Gasteiger partial charge in [-0.2, -0.15) is 4.72 Å².